The van der Waals surface area contributed by atoms with Crippen molar-refractivity contribution in [3.63, 3.8) is 0 Å². The van der Waals surface area contributed by atoms with E-state index in [1.165, 1.54) is 0 Å². The zero-order valence-electron chi connectivity index (χ0n) is 14.5. The first kappa shape index (κ1) is 19.5. The number of nitrogens with one attached hydrogen (secondary N) is 1. The van der Waals surface area contributed by atoms with Crippen LogP contribution in [0, 0.1) is 0 Å². The van der Waals surface area contributed by atoms with Crippen LogP contribution in [-0.4, -0.2) is 35.5 Å². The van der Waals surface area contributed by atoms with Gasteiger partial charge in [-0.25, -0.2) is 4.98 Å². The number of carbonyl (C=O) groups is 1. The van der Waals surface area contributed by atoms with Crippen molar-refractivity contribution in [2.24, 2.45) is 0 Å². The van der Waals surface area contributed by atoms with Crippen LogP contribution < -0.4 is 5.32 Å². The van der Waals surface area contributed by atoms with Crippen molar-refractivity contribution in [2.75, 3.05) is 13.1 Å². The van der Waals surface area contributed by atoms with E-state index in [0.717, 1.165) is 55.5 Å². The number of aromatic nitrogens is 1. The first-order valence-corrected chi connectivity index (χ1v) is 9.86. The van der Waals surface area contributed by atoms with Gasteiger partial charge in [-0.05, 0) is 37.1 Å². The minimum atomic E-state index is 0. The average Bonchev–Trinajstić information content (AvgIpc) is 3.33. The maximum absolute atomic E-state index is 10.8. The Balaban J connectivity index is 0.00000196. The zero-order valence-corrected chi connectivity index (χ0v) is 16.2. The number of hydrogen-bond acceptors (Lipinski definition) is 6. The standard InChI is InChI=1S/C19H23N3O2S.ClH/c23-9-6-14-2-1-3-15(10-14)19-11-18(17-12-25-13-21-17)22(24-19)16-4-7-20-8-5-16;/h1-3,9-10,12-13,16,18-20H,4-8,11H2;1H. The molecule has 2 atom stereocenters. The lowest BCUT2D eigenvalue weighted by atomic mass is 9.98. The van der Waals surface area contributed by atoms with Gasteiger partial charge in [0.25, 0.3) is 0 Å². The molecule has 1 N–H and O–H groups in total. The molecule has 2 unspecified atom stereocenters. The molecule has 1 aromatic heterocycles. The van der Waals surface area contributed by atoms with Crippen LogP contribution in [-0.2, 0) is 16.1 Å². The Labute approximate surface area is 164 Å². The summed E-state index contributed by atoms with van der Waals surface area (Å²) in [7, 11) is 0. The molecule has 0 radical (unpaired) electrons. The summed E-state index contributed by atoms with van der Waals surface area (Å²) < 4.78 is 0. The first-order chi connectivity index (χ1) is 12.3. The zero-order chi connectivity index (χ0) is 17.1. The van der Waals surface area contributed by atoms with Crippen LogP contribution in [0.25, 0.3) is 0 Å². The predicted molar refractivity (Wildman–Crippen MR) is 104 cm³/mol. The minimum Gasteiger partial charge on any atom is -0.317 e. The van der Waals surface area contributed by atoms with Crippen LogP contribution in [0.3, 0.4) is 0 Å². The Bertz CT molecular complexity index is 707. The largest absolute Gasteiger partial charge is 0.317 e. The molecule has 2 aliphatic heterocycles. The van der Waals surface area contributed by atoms with Crippen LogP contribution in [0.15, 0.2) is 35.2 Å². The lowest BCUT2D eigenvalue weighted by molar-refractivity contribution is -0.197. The molecule has 5 nitrogen and oxygen atoms in total. The highest BCUT2D eigenvalue weighted by molar-refractivity contribution is 7.07. The molecule has 0 aliphatic carbocycles. The number of thiazole rings is 1. The van der Waals surface area contributed by atoms with Gasteiger partial charge in [-0.15, -0.1) is 23.7 Å². The van der Waals surface area contributed by atoms with E-state index >= 15 is 0 Å². The van der Waals surface area contributed by atoms with Crippen molar-refractivity contribution in [3.05, 3.63) is 52.0 Å². The number of hydrogen-bond donors (Lipinski definition) is 1. The Morgan fingerprint density at radius 1 is 1.35 bits per heavy atom. The molecule has 2 aromatic rings. The van der Waals surface area contributed by atoms with Crippen molar-refractivity contribution in [3.8, 4) is 0 Å². The highest BCUT2D eigenvalue weighted by atomic mass is 35.5. The highest BCUT2D eigenvalue weighted by Crippen LogP contribution is 2.44. The van der Waals surface area contributed by atoms with Gasteiger partial charge in [0.05, 0.1) is 17.2 Å². The summed E-state index contributed by atoms with van der Waals surface area (Å²) in [5.41, 5.74) is 5.20. The molecule has 0 bridgehead atoms. The number of benzene rings is 1. The van der Waals surface area contributed by atoms with E-state index in [4.69, 9.17) is 4.84 Å². The second-order valence-electron chi connectivity index (χ2n) is 6.72. The highest BCUT2D eigenvalue weighted by Gasteiger charge is 2.40. The lowest BCUT2D eigenvalue weighted by Gasteiger charge is -2.33. The Morgan fingerprint density at radius 2 is 2.19 bits per heavy atom. The van der Waals surface area contributed by atoms with Gasteiger partial charge in [-0.3, -0.25) is 4.84 Å². The number of hydroxylamine groups is 2. The molecule has 4 rings (SSSR count). The Kier molecular flexibility index (Phi) is 6.78. The van der Waals surface area contributed by atoms with E-state index in [1.807, 2.05) is 17.6 Å². The van der Waals surface area contributed by atoms with E-state index in [9.17, 15) is 4.79 Å². The number of nitrogens with zero attached hydrogens (tertiary/aromatic N) is 2. The van der Waals surface area contributed by atoms with Crippen LogP contribution in [0.2, 0.25) is 0 Å². The number of piperidine rings is 1. The molecule has 1 aromatic carbocycles. The third-order valence-electron chi connectivity index (χ3n) is 5.10. The number of rotatable bonds is 5. The Hall–Kier alpha value is -1.31. The van der Waals surface area contributed by atoms with E-state index in [0.29, 0.717) is 12.5 Å². The summed E-state index contributed by atoms with van der Waals surface area (Å²) in [6.07, 6.45) is 4.52. The van der Waals surface area contributed by atoms with Crippen LogP contribution in [0.1, 0.15) is 48.2 Å². The van der Waals surface area contributed by atoms with Gasteiger partial charge in [0.1, 0.15) is 12.4 Å². The second kappa shape index (κ2) is 9.06. The first-order valence-electron chi connectivity index (χ1n) is 8.91. The smallest absolute Gasteiger partial charge is 0.124 e. The summed E-state index contributed by atoms with van der Waals surface area (Å²) >= 11 is 1.64. The fraction of sp³-hybridized carbons (Fsp3) is 0.474. The summed E-state index contributed by atoms with van der Waals surface area (Å²) in [6, 6.07) is 8.84. The molecule has 0 amide bonds. The van der Waals surface area contributed by atoms with Crippen LogP contribution in [0.5, 0.6) is 0 Å². The third kappa shape index (κ3) is 4.15. The Morgan fingerprint density at radius 3 is 2.92 bits per heavy atom. The lowest BCUT2D eigenvalue weighted by Crippen LogP contribution is -2.42. The van der Waals surface area contributed by atoms with Crippen molar-refractivity contribution >= 4 is 30.0 Å². The van der Waals surface area contributed by atoms with E-state index < -0.39 is 0 Å². The molecule has 26 heavy (non-hydrogen) atoms. The molecule has 140 valence electrons. The van der Waals surface area contributed by atoms with E-state index in [-0.39, 0.29) is 24.6 Å². The second-order valence-corrected chi connectivity index (χ2v) is 7.43. The topological polar surface area (TPSA) is 54.5 Å². The molecule has 0 saturated carbocycles. The molecule has 2 aliphatic rings. The van der Waals surface area contributed by atoms with Crippen LogP contribution in [0.4, 0.5) is 0 Å². The minimum absolute atomic E-state index is 0. The molecular formula is C19H24ClN3O2S. The van der Waals surface area contributed by atoms with Gasteiger partial charge in [0.15, 0.2) is 0 Å². The van der Waals surface area contributed by atoms with Crippen molar-refractivity contribution in [1.82, 2.24) is 15.4 Å². The molecular weight excluding hydrogens is 370 g/mol. The van der Waals surface area contributed by atoms with Gasteiger partial charge in [0.2, 0.25) is 0 Å². The van der Waals surface area contributed by atoms with Gasteiger partial charge < -0.3 is 10.1 Å². The molecule has 2 saturated heterocycles. The fourth-order valence-electron chi connectivity index (χ4n) is 3.82. The summed E-state index contributed by atoms with van der Waals surface area (Å²) in [5, 5.41) is 7.76. The molecule has 3 heterocycles. The third-order valence-corrected chi connectivity index (χ3v) is 5.70. The molecule has 2 fully saturated rings. The number of carbonyl (C=O) groups excluding carboxylic acids is 1. The van der Waals surface area contributed by atoms with Crippen molar-refractivity contribution in [1.29, 1.82) is 0 Å². The van der Waals surface area contributed by atoms with E-state index in [2.05, 4.69) is 32.9 Å². The van der Waals surface area contributed by atoms with Gasteiger partial charge in [0, 0.05) is 24.3 Å². The molecule has 0 spiro atoms. The SMILES string of the molecule is Cl.O=CCc1cccc(C2CC(c3cscn3)N(C3CCNCC3)O2)c1. The fourth-order valence-corrected chi connectivity index (χ4v) is 4.42. The van der Waals surface area contributed by atoms with Crippen molar-refractivity contribution in [2.45, 2.75) is 43.9 Å². The van der Waals surface area contributed by atoms with Crippen LogP contribution >= 0.6 is 23.7 Å². The summed E-state index contributed by atoms with van der Waals surface area (Å²) in [4.78, 5) is 21.8. The quantitative estimate of drug-likeness (QED) is 0.788. The van der Waals surface area contributed by atoms with Gasteiger partial charge in [-0.2, -0.15) is 5.06 Å². The summed E-state index contributed by atoms with van der Waals surface area (Å²) in [6.45, 7) is 2.07. The normalized spacial score (nSPS) is 24.3. The predicted octanol–water partition coefficient (Wildman–Crippen LogP) is 3.48. The van der Waals surface area contributed by atoms with E-state index in [1.54, 1.807) is 11.3 Å². The van der Waals surface area contributed by atoms with Gasteiger partial charge >= 0.3 is 0 Å². The maximum atomic E-state index is 10.8. The summed E-state index contributed by atoms with van der Waals surface area (Å²) in [5.74, 6) is 0. The number of halogens is 1. The van der Waals surface area contributed by atoms with Gasteiger partial charge in [-0.1, -0.05) is 24.3 Å². The average molecular weight is 394 g/mol. The maximum Gasteiger partial charge on any atom is 0.124 e. The molecule has 7 heteroatoms. The number of aldehydes is 1. The van der Waals surface area contributed by atoms with Crippen molar-refractivity contribution < 1.29 is 9.63 Å². The monoisotopic (exact) mass is 393 g/mol.